The van der Waals surface area contributed by atoms with Gasteiger partial charge in [-0.25, -0.2) is 0 Å². The van der Waals surface area contributed by atoms with Gasteiger partial charge < -0.3 is 15.0 Å². The quantitative estimate of drug-likeness (QED) is 0.743. The van der Waals surface area contributed by atoms with Crippen LogP contribution in [0.4, 0.5) is 0 Å². The van der Waals surface area contributed by atoms with Crippen molar-refractivity contribution in [2.24, 2.45) is 11.8 Å². The standard InChI is InChI=1S/C13H24N2O2/c1-17-13(16)12-4-7-15(8-5-12)10-11-3-2-6-14-9-11/h11-12,14H,2-10H2,1H3. The minimum absolute atomic E-state index is 0.0241. The van der Waals surface area contributed by atoms with Crippen molar-refractivity contribution >= 4 is 5.97 Å². The van der Waals surface area contributed by atoms with E-state index in [-0.39, 0.29) is 11.9 Å². The third kappa shape index (κ3) is 3.68. The molecule has 2 saturated heterocycles. The smallest absolute Gasteiger partial charge is 0.308 e. The van der Waals surface area contributed by atoms with Crippen LogP contribution in [0.5, 0.6) is 0 Å². The van der Waals surface area contributed by atoms with Gasteiger partial charge in [0.15, 0.2) is 0 Å². The largest absolute Gasteiger partial charge is 0.469 e. The highest BCUT2D eigenvalue weighted by Gasteiger charge is 2.26. The van der Waals surface area contributed by atoms with E-state index in [1.807, 2.05) is 0 Å². The molecule has 0 saturated carbocycles. The number of esters is 1. The number of nitrogens with zero attached hydrogens (tertiary/aromatic N) is 1. The Balaban J connectivity index is 1.69. The van der Waals surface area contributed by atoms with E-state index < -0.39 is 0 Å². The van der Waals surface area contributed by atoms with Crippen LogP contribution in [0.1, 0.15) is 25.7 Å². The highest BCUT2D eigenvalue weighted by molar-refractivity contribution is 5.72. The Hall–Kier alpha value is -0.610. The summed E-state index contributed by atoms with van der Waals surface area (Å²) in [6, 6.07) is 0. The zero-order valence-corrected chi connectivity index (χ0v) is 10.8. The van der Waals surface area contributed by atoms with Crippen molar-refractivity contribution in [1.82, 2.24) is 10.2 Å². The first kappa shape index (κ1) is 12.8. The van der Waals surface area contributed by atoms with E-state index in [1.54, 1.807) is 0 Å². The molecule has 4 nitrogen and oxygen atoms in total. The second-order valence-electron chi connectivity index (χ2n) is 5.31. The topological polar surface area (TPSA) is 41.6 Å². The molecule has 2 fully saturated rings. The number of likely N-dealkylation sites (tertiary alicyclic amines) is 1. The Kier molecular flexibility index (Phi) is 4.80. The minimum Gasteiger partial charge on any atom is -0.469 e. The van der Waals surface area contributed by atoms with Crippen LogP contribution in [0.3, 0.4) is 0 Å². The lowest BCUT2D eigenvalue weighted by atomic mass is 9.94. The van der Waals surface area contributed by atoms with E-state index in [4.69, 9.17) is 4.74 Å². The summed E-state index contributed by atoms with van der Waals surface area (Å²) < 4.78 is 4.81. The van der Waals surface area contributed by atoms with Crippen LogP contribution in [0.25, 0.3) is 0 Å². The zero-order chi connectivity index (χ0) is 12.1. The average Bonchev–Trinajstić information content (AvgIpc) is 2.40. The molecule has 2 heterocycles. The number of hydrogen-bond donors (Lipinski definition) is 1. The number of piperidine rings is 2. The van der Waals surface area contributed by atoms with Crippen molar-refractivity contribution < 1.29 is 9.53 Å². The molecule has 17 heavy (non-hydrogen) atoms. The first-order chi connectivity index (χ1) is 8.29. The van der Waals surface area contributed by atoms with Gasteiger partial charge in [-0.15, -0.1) is 0 Å². The Labute approximate surface area is 104 Å². The lowest BCUT2D eigenvalue weighted by molar-refractivity contribution is -0.147. The van der Waals surface area contributed by atoms with Gasteiger partial charge in [-0.2, -0.15) is 0 Å². The maximum absolute atomic E-state index is 11.4. The number of methoxy groups -OCH3 is 1. The van der Waals surface area contributed by atoms with Crippen molar-refractivity contribution in [3.63, 3.8) is 0 Å². The highest BCUT2D eigenvalue weighted by atomic mass is 16.5. The third-order valence-corrected chi connectivity index (χ3v) is 4.04. The number of rotatable bonds is 3. The second kappa shape index (κ2) is 6.36. The molecule has 0 bridgehead atoms. The molecule has 98 valence electrons. The van der Waals surface area contributed by atoms with E-state index in [1.165, 1.54) is 33.0 Å². The van der Waals surface area contributed by atoms with Crippen LogP contribution in [0.2, 0.25) is 0 Å². The summed E-state index contributed by atoms with van der Waals surface area (Å²) in [6.45, 7) is 5.64. The summed E-state index contributed by atoms with van der Waals surface area (Å²) in [4.78, 5) is 13.9. The van der Waals surface area contributed by atoms with E-state index in [2.05, 4.69) is 10.2 Å². The molecule has 0 aromatic heterocycles. The summed E-state index contributed by atoms with van der Waals surface area (Å²) in [5, 5.41) is 3.46. The molecule has 1 N–H and O–H groups in total. The van der Waals surface area contributed by atoms with Gasteiger partial charge in [-0.05, 0) is 57.8 Å². The van der Waals surface area contributed by atoms with E-state index in [9.17, 15) is 4.79 Å². The molecule has 4 heteroatoms. The fraction of sp³-hybridized carbons (Fsp3) is 0.923. The van der Waals surface area contributed by atoms with E-state index in [0.29, 0.717) is 0 Å². The lowest BCUT2D eigenvalue weighted by Gasteiger charge is -2.34. The molecule has 1 unspecified atom stereocenters. The SMILES string of the molecule is COC(=O)C1CCN(CC2CCCNC2)CC1. The lowest BCUT2D eigenvalue weighted by Crippen LogP contribution is -2.42. The molecule has 0 spiro atoms. The van der Waals surface area contributed by atoms with E-state index >= 15 is 0 Å². The molecular weight excluding hydrogens is 216 g/mol. The molecule has 0 aliphatic carbocycles. The van der Waals surface area contributed by atoms with Crippen molar-refractivity contribution in [1.29, 1.82) is 0 Å². The summed E-state index contributed by atoms with van der Waals surface area (Å²) in [5.74, 6) is 0.920. The van der Waals surface area contributed by atoms with Gasteiger partial charge in [0, 0.05) is 6.54 Å². The third-order valence-electron chi connectivity index (χ3n) is 4.04. The molecule has 0 amide bonds. The Morgan fingerprint density at radius 2 is 2.12 bits per heavy atom. The number of hydrogen-bond acceptors (Lipinski definition) is 4. The summed E-state index contributed by atoms with van der Waals surface area (Å²) in [7, 11) is 1.49. The Morgan fingerprint density at radius 3 is 2.71 bits per heavy atom. The summed E-state index contributed by atoms with van der Waals surface area (Å²) in [5.41, 5.74) is 0. The van der Waals surface area contributed by atoms with Crippen LogP contribution in [-0.4, -0.2) is 50.7 Å². The number of carbonyl (C=O) groups excluding carboxylic acids is 1. The molecule has 2 aliphatic rings. The molecular formula is C13H24N2O2. The number of ether oxygens (including phenoxy) is 1. The van der Waals surface area contributed by atoms with Gasteiger partial charge in [0.1, 0.15) is 0 Å². The van der Waals surface area contributed by atoms with Crippen LogP contribution >= 0.6 is 0 Å². The van der Waals surface area contributed by atoms with Crippen molar-refractivity contribution in [3.05, 3.63) is 0 Å². The maximum atomic E-state index is 11.4. The number of carbonyl (C=O) groups is 1. The maximum Gasteiger partial charge on any atom is 0.308 e. The predicted octanol–water partition coefficient (Wildman–Crippen LogP) is 0.871. The fourth-order valence-corrected chi connectivity index (χ4v) is 2.96. The highest BCUT2D eigenvalue weighted by Crippen LogP contribution is 2.20. The van der Waals surface area contributed by atoms with Crippen molar-refractivity contribution in [2.75, 3.05) is 39.8 Å². The van der Waals surface area contributed by atoms with Crippen LogP contribution in [0, 0.1) is 11.8 Å². The van der Waals surface area contributed by atoms with Crippen LogP contribution in [0.15, 0.2) is 0 Å². The molecule has 0 aromatic carbocycles. The van der Waals surface area contributed by atoms with Crippen LogP contribution in [-0.2, 0) is 9.53 Å². The average molecular weight is 240 g/mol. The van der Waals surface area contributed by atoms with Crippen molar-refractivity contribution in [2.45, 2.75) is 25.7 Å². The normalized spacial score (nSPS) is 27.9. The second-order valence-corrected chi connectivity index (χ2v) is 5.31. The van der Waals surface area contributed by atoms with Gasteiger partial charge in [0.05, 0.1) is 13.0 Å². The molecule has 2 rings (SSSR count). The van der Waals surface area contributed by atoms with Gasteiger partial charge >= 0.3 is 5.97 Å². The van der Waals surface area contributed by atoms with Gasteiger partial charge in [-0.3, -0.25) is 4.79 Å². The van der Waals surface area contributed by atoms with Gasteiger partial charge in [-0.1, -0.05) is 0 Å². The first-order valence-corrected chi connectivity index (χ1v) is 6.80. The molecule has 0 aromatic rings. The Bertz CT molecular complexity index is 244. The molecule has 2 aliphatic heterocycles. The van der Waals surface area contributed by atoms with Gasteiger partial charge in [0.2, 0.25) is 0 Å². The number of nitrogens with one attached hydrogen (secondary N) is 1. The van der Waals surface area contributed by atoms with E-state index in [0.717, 1.165) is 38.4 Å². The summed E-state index contributed by atoms with van der Waals surface area (Å²) in [6.07, 6.45) is 4.59. The predicted molar refractivity (Wildman–Crippen MR) is 66.8 cm³/mol. The minimum atomic E-state index is -0.0241. The molecule has 1 atom stereocenters. The monoisotopic (exact) mass is 240 g/mol. The van der Waals surface area contributed by atoms with Gasteiger partial charge in [0.25, 0.3) is 0 Å². The Morgan fingerprint density at radius 1 is 1.35 bits per heavy atom. The van der Waals surface area contributed by atoms with Crippen molar-refractivity contribution in [3.8, 4) is 0 Å². The first-order valence-electron chi connectivity index (χ1n) is 6.80. The fourth-order valence-electron chi connectivity index (χ4n) is 2.96. The van der Waals surface area contributed by atoms with Crippen LogP contribution < -0.4 is 5.32 Å². The zero-order valence-electron chi connectivity index (χ0n) is 10.8. The summed E-state index contributed by atoms with van der Waals surface area (Å²) >= 11 is 0. The molecule has 0 radical (unpaired) electrons.